The first kappa shape index (κ1) is 19.2. The third-order valence-electron chi connectivity index (χ3n) is 4.24. The van der Waals surface area contributed by atoms with Crippen molar-refractivity contribution in [1.82, 2.24) is 9.29 Å². The topological polar surface area (TPSA) is 51.1 Å². The number of rotatable bonds is 4. The average Bonchev–Trinajstić information content (AvgIpc) is 3.03. The smallest absolute Gasteiger partial charge is 0.314 e. The van der Waals surface area contributed by atoms with Crippen LogP contribution in [0, 0.1) is 6.92 Å². The molecule has 27 heavy (non-hydrogen) atoms. The van der Waals surface area contributed by atoms with Crippen molar-refractivity contribution < 1.29 is 21.6 Å². The van der Waals surface area contributed by atoms with Gasteiger partial charge < -0.3 is 4.57 Å². The van der Waals surface area contributed by atoms with Crippen LogP contribution >= 0.6 is 0 Å². The molecule has 1 aromatic heterocycles. The Bertz CT molecular complexity index is 1070. The number of nitrogens with zero attached hydrogens (tertiary/aromatic N) is 1. The molecular weight excluding hydrogens is 377 g/mol. The summed E-state index contributed by atoms with van der Waals surface area (Å²) in [4.78, 5) is 0.110. The summed E-state index contributed by atoms with van der Waals surface area (Å²) >= 11 is 0. The molecule has 0 bridgehead atoms. The Morgan fingerprint density at radius 3 is 2.22 bits per heavy atom. The highest BCUT2D eigenvalue weighted by atomic mass is 32.2. The van der Waals surface area contributed by atoms with Gasteiger partial charge in [-0.25, -0.2) is 13.1 Å². The van der Waals surface area contributed by atoms with Crippen molar-refractivity contribution in [3.05, 3.63) is 71.9 Å². The van der Waals surface area contributed by atoms with Crippen LogP contribution in [0.4, 0.5) is 13.2 Å². The van der Waals surface area contributed by atoms with Crippen molar-refractivity contribution in [1.29, 1.82) is 0 Å². The third kappa shape index (κ3) is 3.77. The van der Waals surface area contributed by atoms with Gasteiger partial charge in [-0.3, -0.25) is 0 Å². The molecule has 142 valence electrons. The second-order valence-electron chi connectivity index (χ2n) is 5.98. The predicted molar refractivity (Wildman–Crippen MR) is 97.2 cm³/mol. The standard InChI is InChI=1S/C19H17F3N2O2S/c1-13-6-11-18(14-4-3-5-15(12-14)19(20,21)22)24(13)16-7-9-17(10-8-16)27(25,26)23-2/h3-12,23H,1-2H3. The van der Waals surface area contributed by atoms with E-state index < -0.39 is 21.8 Å². The van der Waals surface area contributed by atoms with E-state index in [1.54, 1.807) is 34.9 Å². The first-order chi connectivity index (χ1) is 12.6. The quantitative estimate of drug-likeness (QED) is 0.714. The number of halogens is 3. The number of hydrogen-bond acceptors (Lipinski definition) is 2. The van der Waals surface area contributed by atoms with E-state index in [9.17, 15) is 21.6 Å². The van der Waals surface area contributed by atoms with Gasteiger partial charge >= 0.3 is 6.18 Å². The lowest BCUT2D eigenvalue weighted by atomic mass is 10.1. The molecule has 0 amide bonds. The summed E-state index contributed by atoms with van der Waals surface area (Å²) in [6.07, 6.45) is -4.42. The number of benzene rings is 2. The molecule has 3 rings (SSSR count). The maximum Gasteiger partial charge on any atom is 0.416 e. The Kier molecular flexibility index (Phi) is 4.88. The highest BCUT2D eigenvalue weighted by Crippen LogP contribution is 2.33. The molecule has 1 N–H and O–H groups in total. The van der Waals surface area contributed by atoms with Crippen LogP contribution in [0.2, 0.25) is 0 Å². The Hall–Kier alpha value is -2.58. The summed E-state index contributed by atoms with van der Waals surface area (Å²) in [5, 5.41) is 0. The number of aromatic nitrogens is 1. The number of sulfonamides is 1. The van der Waals surface area contributed by atoms with Crippen molar-refractivity contribution in [3.63, 3.8) is 0 Å². The van der Waals surface area contributed by atoms with Crippen LogP contribution in [-0.4, -0.2) is 20.0 Å². The molecule has 0 atom stereocenters. The molecule has 0 saturated carbocycles. The van der Waals surface area contributed by atoms with E-state index in [1.165, 1.54) is 25.2 Å². The molecule has 0 spiro atoms. The number of nitrogens with one attached hydrogen (secondary N) is 1. The van der Waals surface area contributed by atoms with Gasteiger partial charge in [0, 0.05) is 11.4 Å². The maximum atomic E-state index is 13.0. The normalized spacial score (nSPS) is 12.3. The summed E-state index contributed by atoms with van der Waals surface area (Å²) in [7, 11) is -2.24. The van der Waals surface area contributed by atoms with Crippen molar-refractivity contribution in [3.8, 4) is 16.9 Å². The molecule has 0 aliphatic carbocycles. The van der Waals surface area contributed by atoms with Crippen molar-refractivity contribution in [2.45, 2.75) is 18.0 Å². The second-order valence-corrected chi connectivity index (χ2v) is 7.86. The fourth-order valence-electron chi connectivity index (χ4n) is 2.85. The number of alkyl halides is 3. The summed E-state index contributed by atoms with van der Waals surface area (Å²) in [6, 6.07) is 14.8. The minimum Gasteiger partial charge on any atom is -0.314 e. The predicted octanol–water partition coefficient (Wildman–Crippen LogP) is 4.38. The molecule has 8 heteroatoms. The monoisotopic (exact) mass is 394 g/mol. The van der Waals surface area contributed by atoms with Crippen LogP contribution in [0.25, 0.3) is 16.9 Å². The maximum absolute atomic E-state index is 13.0. The van der Waals surface area contributed by atoms with Gasteiger partial charge in [-0.2, -0.15) is 13.2 Å². The molecule has 0 radical (unpaired) electrons. The number of aryl methyl sites for hydroxylation is 1. The SMILES string of the molecule is CNS(=O)(=O)c1ccc(-n2c(C)ccc2-c2cccc(C(F)(F)F)c2)cc1. The van der Waals surface area contributed by atoms with Gasteiger partial charge in [0.2, 0.25) is 10.0 Å². The van der Waals surface area contributed by atoms with Crippen LogP contribution < -0.4 is 4.72 Å². The average molecular weight is 394 g/mol. The minimum absolute atomic E-state index is 0.110. The van der Waals surface area contributed by atoms with E-state index in [0.29, 0.717) is 16.9 Å². The van der Waals surface area contributed by atoms with Gasteiger partial charge in [0.25, 0.3) is 0 Å². The molecule has 3 aromatic rings. The summed E-state index contributed by atoms with van der Waals surface area (Å²) in [6.45, 7) is 1.83. The van der Waals surface area contributed by atoms with E-state index in [4.69, 9.17) is 0 Å². The second kappa shape index (κ2) is 6.86. The van der Waals surface area contributed by atoms with Crippen LogP contribution in [0.3, 0.4) is 0 Å². The molecule has 0 aliphatic heterocycles. The highest BCUT2D eigenvalue weighted by Gasteiger charge is 2.30. The first-order valence-electron chi connectivity index (χ1n) is 8.03. The first-order valence-corrected chi connectivity index (χ1v) is 9.52. The summed E-state index contributed by atoms with van der Waals surface area (Å²) < 4.78 is 66.8. The number of hydrogen-bond donors (Lipinski definition) is 1. The fraction of sp³-hybridized carbons (Fsp3) is 0.158. The largest absolute Gasteiger partial charge is 0.416 e. The van der Waals surface area contributed by atoms with Crippen molar-refractivity contribution >= 4 is 10.0 Å². The Morgan fingerprint density at radius 1 is 0.963 bits per heavy atom. The van der Waals surface area contributed by atoms with Crippen molar-refractivity contribution in [2.75, 3.05) is 7.05 Å². The zero-order valence-electron chi connectivity index (χ0n) is 14.6. The molecule has 1 heterocycles. The van der Waals surface area contributed by atoms with E-state index in [2.05, 4.69) is 4.72 Å². The van der Waals surface area contributed by atoms with Gasteiger partial charge in [0.15, 0.2) is 0 Å². The van der Waals surface area contributed by atoms with Crippen LogP contribution in [-0.2, 0) is 16.2 Å². The molecule has 0 saturated heterocycles. The molecule has 4 nitrogen and oxygen atoms in total. The van der Waals surface area contributed by atoms with Crippen molar-refractivity contribution in [2.24, 2.45) is 0 Å². The van der Waals surface area contributed by atoms with Crippen LogP contribution in [0.1, 0.15) is 11.3 Å². The molecule has 0 fully saturated rings. The van der Waals surface area contributed by atoms with Gasteiger partial charge in [0.05, 0.1) is 16.2 Å². The van der Waals surface area contributed by atoms with E-state index in [-0.39, 0.29) is 4.90 Å². The van der Waals surface area contributed by atoms with Gasteiger partial charge in [0.1, 0.15) is 0 Å². The fourth-order valence-corrected chi connectivity index (χ4v) is 3.58. The van der Waals surface area contributed by atoms with E-state index in [0.717, 1.165) is 17.8 Å². The molecule has 2 aromatic carbocycles. The Morgan fingerprint density at radius 2 is 1.63 bits per heavy atom. The Balaban J connectivity index is 2.09. The zero-order valence-corrected chi connectivity index (χ0v) is 15.4. The lowest BCUT2D eigenvalue weighted by molar-refractivity contribution is -0.137. The minimum atomic E-state index is -4.42. The van der Waals surface area contributed by atoms with E-state index >= 15 is 0 Å². The summed E-state index contributed by atoms with van der Waals surface area (Å²) in [5.41, 5.74) is 1.75. The summed E-state index contributed by atoms with van der Waals surface area (Å²) in [5.74, 6) is 0. The van der Waals surface area contributed by atoms with E-state index in [1.807, 2.05) is 6.92 Å². The lowest BCUT2D eigenvalue weighted by Gasteiger charge is -2.14. The Labute approximate surface area is 155 Å². The molecule has 0 unspecified atom stereocenters. The molecule has 0 aliphatic rings. The van der Waals surface area contributed by atoms with Gasteiger partial charge in [-0.05, 0) is 68.1 Å². The van der Waals surface area contributed by atoms with Crippen LogP contribution in [0.5, 0.6) is 0 Å². The molecular formula is C19H17F3N2O2S. The zero-order chi connectivity index (χ0) is 19.8. The third-order valence-corrected chi connectivity index (χ3v) is 5.67. The van der Waals surface area contributed by atoms with Crippen LogP contribution in [0.15, 0.2) is 65.6 Å². The highest BCUT2D eigenvalue weighted by molar-refractivity contribution is 7.89. The lowest BCUT2D eigenvalue weighted by Crippen LogP contribution is -2.18. The van der Waals surface area contributed by atoms with Gasteiger partial charge in [-0.15, -0.1) is 0 Å². The van der Waals surface area contributed by atoms with Gasteiger partial charge in [-0.1, -0.05) is 12.1 Å².